The highest BCUT2D eigenvalue weighted by atomic mass is 15.2. The Labute approximate surface area is 118 Å². The Bertz CT molecular complexity index is 380. The Morgan fingerprint density at radius 3 is 2.53 bits per heavy atom. The molecule has 0 spiro atoms. The number of hydrogen-bond acceptors (Lipinski definition) is 2. The third kappa shape index (κ3) is 3.58. The molecule has 19 heavy (non-hydrogen) atoms. The molecule has 1 saturated heterocycles. The molecule has 1 heterocycles. The number of piperazine rings is 1. The fraction of sp³-hybridized carbons (Fsp3) is 0.647. The Hall–Kier alpha value is -0.860. The average molecular weight is 260 g/mol. The second-order valence-corrected chi connectivity index (χ2v) is 6.70. The van der Waals surface area contributed by atoms with Gasteiger partial charge in [0.25, 0.3) is 0 Å². The summed E-state index contributed by atoms with van der Waals surface area (Å²) in [6.07, 6.45) is 1.18. The molecule has 0 radical (unpaired) electrons. The van der Waals surface area contributed by atoms with Gasteiger partial charge >= 0.3 is 0 Å². The lowest BCUT2D eigenvalue weighted by atomic mass is 9.85. The van der Waals surface area contributed by atoms with Crippen molar-refractivity contribution in [3.63, 3.8) is 0 Å². The molecule has 2 heteroatoms. The van der Waals surface area contributed by atoms with Crippen LogP contribution < -0.4 is 5.32 Å². The van der Waals surface area contributed by atoms with Crippen molar-refractivity contribution in [2.45, 2.75) is 46.2 Å². The molecule has 1 fully saturated rings. The molecule has 1 aromatic rings. The zero-order valence-electron chi connectivity index (χ0n) is 12.8. The summed E-state index contributed by atoms with van der Waals surface area (Å²) in [5.41, 5.74) is 1.78. The Kier molecular flexibility index (Phi) is 4.64. The van der Waals surface area contributed by atoms with Crippen molar-refractivity contribution in [3.05, 3.63) is 35.9 Å². The van der Waals surface area contributed by atoms with Crippen LogP contribution >= 0.6 is 0 Å². The molecule has 2 rings (SSSR count). The van der Waals surface area contributed by atoms with Crippen molar-refractivity contribution in [1.29, 1.82) is 0 Å². The molecular formula is C17H28N2. The largest absolute Gasteiger partial charge is 0.311 e. The third-order valence-electron chi connectivity index (χ3n) is 4.26. The molecule has 0 saturated carbocycles. The number of nitrogens with one attached hydrogen (secondary N) is 1. The number of rotatable bonds is 3. The molecule has 1 aromatic carbocycles. The van der Waals surface area contributed by atoms with E-state index in [2.05, 4.69) is 68.2 Å². The molecular weight excluding hydrogens is 232 g/mol. The Morgan fingerprint density at radius 1 is 1.26 bits per heavy atom. The second kappa shape index (κ2) is 6.06. The standard InChI is InChI=1S/C17H28N2/c1-5-15(14-9-7-6-8-10-14)19-12-11-18-16(13-19)17(2,3)4/h6-10,15-16,18H,5,11-13H2,1-4H3. The highest BCUT2D eigenvalue weighted by Gasteiger charge is 2.31. The molecule has 0 aliphatic carbocycles. The summed E-state index contributed by atoms with van der Waals surface area (Å²) in [7, 11) is 0. The highest BCUT2D eigenvalue weighted by Crippen LogP contribution is 2.29. The molecule has 0 aromatic heterocycles. The molecule has 1 aliphatic heterocycles. The topological polar surface area (TPSA) is 15.3 Å². The highest BCUT2D eigenvalue weighted by molar-refractivity contribution is 5.19. The molecule has 2 atom stereocenters. The zero-order chi connectivity index (χ0) is 13.9. The summed E-state index contributed by atoms with van der Waals surface area (Å²) in [5.74, 6) is 0. The normalized spacial score (nSPS) is 23.3. The molecule has 106 valence electrons. The van der Waals surface area contributed by atoms with Crippen molar-refractivity contribution in [1.82, 2.24) is 10.2 Å². The Balaban J connectivity index is 2.11. The molecule has 2 unspecified atom stereocenters. The third-order valence-corrected chi connectivity index (χ3v) is 4.26. The van der Waals surface area contributed by atoms with Crippen molar-refractivity contribution in [2.75, 3.05) is 19.6 Å². The predicted octanol–water partition coefficient (Wildman–Crippen LogP) is 3.46. The quantitative estimate of drug-likeness (QED) is 0.895. The molecule has 1 aliphatic rings. The minimum Gasteiger partial charge on any atom is -0.311 e. The van der Waals surface area contributed by atoms with E-state index >= 15 is 0 Å². The maximum absolute atomic E-state index is 3.68. The molecule has 1 N–H and O–H groups in total. The van der Waals surface area contributed by atoms with E-state index in [4.69, 9.17) is 0 Å². The summed E-state index contributed by atoms with van der Waals surface area (Å²) in [5, 5.41) is 3.68. The van der Waals surface area contributed by atoms with Gasteiger partial charge < -0.3 is 5.32 Å². The average Bonchev–Trinajstić information content (AvgIpc) is 2.40. The van der Waals surface area contributed by atoms with Crippen LogP contribution in [0.15, 0.2) is 30.3 Å². The van der Waals surface area contributed by atoms with Crippen LogP contribution in [0.5, 0.6) is 0 Å². The summed E-state index contributed by atoms with van der Waals surface area (Å²) >= 11 is 0. The SMILES string of the molecule is CCC(c1ccccc1)N1CCNC(C(C)(C)C)C1. The van der Waals surface area contributed by atoms with E-state index in [1.54, 1.807) is 0 Å². The fourth-order valence-electron chi connectivity index (χ4n) is 3.02. The Morgan fingerprint density at radius 2 is 1.95 bits per heavy atom. The lowest BCUT2D eigenvalue weighted by molar-refractivity contribution is 0.0954. The predicted molar refractivity (Wildman–Crippen MR) is 82.3 cm³/mol. The van der Waals surface area contributed by atoms with Gasteiger partial charge in [0.2, 0.25) is 0 Å². The first-order chi connectivity index (χ1) is 9.02. The van der Waals surface area contributed by atoms with E-state index < -0.39 is 0 Å². The zero-order valence-corrected chi connectivity index (χ0v) is 12.8. The lowest BCUT2D eigenvalue weighted by Gasteiger charge is -2.43. The number of benzene rings is 1. The van der Waals surface area contributed by atoms with Crippen LogP contribution in [0.1, 0.15) is 45.7 Å². The van der Waals surface area contributed by atoms with E-state index in [-0.39, 0.29) is 0 Å². The summed E-state index contributed by atoms with van der Waals surface area (Å²) in [6, 6.07) is 12.1. The van der Waals surface area contributed by atoms with Gasteiger partial charge in [-0.05, 0) is 17.4 Å². The first kappa shape index (κ1) is 14.5. The first-order valence-electron chi connectivity index (χ1n) is 7.54. The second-order valence-electron chi connectivity index (χ2n) is 6.70. The van der Waals surface area contributed by atoms with Crippen LogP contribution in [0.4, 0.5) is 0 Å². The molecule has 2 nitrogen and oxygen atoms in total. The van der Waals surface area contributed by atoms with Crippen LogP contribution in [0.3, 0.4) is 0 Å². The van der Waals surface area contributed by atoms with Crippen LogP contribution in [0.2, 0.25) is 0 Å². The van der Waals surface area contributed by atoms with Crippen molar-refractivity contribution >= 4 is 0 Å². The number of hydrogen-bond donors (Lipinski definition) is 1. The summed E-state index contributed by atoms with van der Waals surface area (Å²) < 4.78 is 0. The van der Waals surface area contributed by atoms with Gasteiger partial charge in [0, 0.05) is 31.7 Å². The van der Waals surface area contributed by atoms with Gasteiger partial charge in [-0.1, -0.05) is 58.0 Å². The van der Waals surface area contributed by atoms with Gasteiger partial charge in [-0.2, -0.15) is 0 Å². The van der Waals surface area contributed by atoms with Crippen molar-refractivity contribution in [2.24, 2.45) is 5.41 Å². The van der Waals surface area contributed by atoms with Gasteiger partial charge in [-0.15, -0.1) is 0 Å². The minimum absolute atomic E-state index is 0.327. The number of nitrogens with zero attached hydrogens (tertiary/aromatic N) is 1. The summed E-state index contributed by atoms with van der Waals surface area (Å²) in [4.78, 5) is 2.65. The van der Waals surface area contributed by atoms with E-state index in [1.807, 2.05) is 0 Å². The maximum atomic E-state index is 3.68. The summed E-state index contributed by atoms with van der Waals surface area (Å²) in [6.45, 7) is 12.7. The van der Waals surface area contributed by atoms with Crippen molar-refractivity contribution < 1.29 is 0 Å². The van der Waals surface area contributed by atoms with Crippen LogP contribution in [-0.4, -0.2) is 30.6 Å². The molecule has 0 amide bonds. The monoisotopic (exact) mass is 260 g/mol. The first-order valence-corrected chi connectivity index (χ1v) is 7.54. The van der Waals surface area contributed by atoms with E-state index in [0.29, 0.717) is 17.5 Å². The van der Waals surface area contributed by atoms with E-state index in [9.17, 15) is 0 Å². The van der Waals surface area contributed by atoms with Gasteiger partial charge in [0.1, 0.15) is 0 Å². The minimum atomic E-state index is 0.327. The van der Waals surface area contributed by atoms with Crippen molar-refractivity contribution in [3.8, 4) is 0 Å². The lowest BCUT2D eigenvalue weighted by Crippen LogP contribution is -2.56. The van der Waals surface area contributed by atoms with Gasteiger partial charge in [0.05, 0.1) is 0 Å². The van der Waals surface area contributed by atoms with Crippen LogP contribution in [0, 0.1) is 5.41 Å². The maximum Gasteiger partial charge on any atom is 0.0346 e. The van der Waals surface area contributed by atoms with Gasteiger partial charge in [-0.25, -0.2) is 0 Å². The fourth-order valence-corrected chi connectivity index (χ4v) is 3.02. The molecule has 0 bridgehead atoms. The van der Waals surface area contributed by atoms with Crippen LogP contribution in [0.25, 0.3) is 0 Å². The smallest absolute Gasteiger partial charge is 0.0346 e. The van der Waals surface area contributed by atoms with Gasteiger partial charge in [-0.3, -0.25) is 4.90 Å². The van der Waals surface area contributed by atoms with E-state index in [0.717, 1.165) is 19.6 Å². The van der Waals surface area contributed by atoms with E-state index in [1.165, 1.54) is 12.0 Å². The van der Waals surface area contributed by atoms with Crippen LogP contribution in [-0.2, 0) is 0 Å². The van der Waals surface area contributed by atoms with Gasteiger partial charge in [0.15, 0.2) is 0 Å².